The van der Waals surface area contributed by atoms with Gasteiger partial charge in [0.15, 0.2) is 5.69 Å². The number of hydrogen-bond donors (Lipinski definition) is 2. The lowest BCUT2D eigenvalue weighted by atomic mass is 10.1. The van der Waals surface area contributed by atoms with E-state index in [1.165, 1.54) is 0 Å². The van der Waals surface area contributed by atoms with Gasteiger partial charge in [-0.05, 0) is 18.6 Å². The van der Waals surface area contributed by atoms with Crippen LogP contribution in [0.15, 0.2) is 24.3 Å². The van der Waals surface area contributed by atoms with Gasteiger partial charge in [0.25, 0.3) is 5.91 Å². The standard InChI is InChI=1S/C15H19N5O/c1-3-10-13(16)14(18-17-10)15(21)20-9-8-19(2)11-6-4-5-7-12(11)20/h4-7H,3,8-9,16H2,1-2H3,(H,17,18). The Kier molecular flexibility index (Phi) is 3.29. The summed E-state index contributed by atoms with van der Waals surface area (Å²) in [6.07, 6.45) is 0.728. The van der Waals surface area contributed by atoms with E-state index < -0.39 is 0 Å². The molecule has 21 heavy (non-hydrogen) atoms. The molecule has 1 aliphatic heterocycles. The van der Waals surface area contributed by atoms with Crippen LogP contribution in [-0.4, -0.2) is 36.2 Å². The number of carbonyl (C=O) groups excluding carboxylic acids is 1. The molecule has 6 nitrogen and oxygen atoms in total. The quantitative estimate of drug-likeness (QED) is 0.879. The number of para-hydroxylation sites is 2. The van der Waals surface area contributed by atoms with E-state index in [1.807, 2.05) is 38.2 Å². The van der Waals surface area contributed by atoms with Gasteiger partial charge >= 0.3 is 0 Å². The second-order valence-electron chi connectivity index (χ2n) is 5.19. The monoisotopic (exact) mass is 285 g/mol. The molecule has 2 aromatic rings. The number of benzene rings is 1. The number of fused-ring (bicyclic) bond motifs is 1. The molecule has 0 unspecified atom stereocenters. The zero-order valence-corrected chi connectivity index (χ0v) is 12.3. The summed E-state index contributed by atoms with van der Waals surface area (Å²) < 4.78 is 0. The second kappa shape index (κ2) is 5.12. The van der Waals surface area contributed by atoms with Crippen molar-refractivity contribution in [2.24, 2.45) is 0 Å². The number of H-pyrrole nitrogens is 1. The van der Waals surface area contributed by atoms with Crippen LogP contribution in [0.3, 0.4) is 0 Å². The maximum absolute atomic E-state index is 12.8. The van der Waals surface area contributed by atoms with Crippen molar-refractivity contribution >= 4 is 23.0 Å². The molecule has 0 saturated carbocycles. The van der Waals surface area contributed by atoms with Crippen LogP contribution in [0.5, 0.6) is 0 Å². The molecule has 0 atom stereocenters. The number of amides is 1. The van der Waals surface area contributed by atoms with E-state index >= 15 is 0 Å². The maximum atomic E-state index is 12.8. The topological polar surface area (TPSA) is 78.2 Å². The Bertz CT molecular complexity index is 678. The number of aryl methyl sites for hydroxylation is 1. The molecule has 1 amide bonds. The van der Waals surface area contributed by atoms with Crippen LogP contribution in [0, 0.1) is 0 Å². The molecular formula is C15H19N5O. The van der Waals surface area contributed by atoms with Crippen LogP contribution < -0.4 is 15.5 Å². The lowest BCUT2D eigenvalue weighted by Gasteiger charge is -2.35. The van der Waals surface area contributed by atoms with Gasteiger partial charge in [-0.3, -0.25) is 9.89 Å². The van der Waals surface area contributed by atoms with Gasteiger partial charge in [-0.15, -0.1) is 0 Å². The van der Waals surface area contributed by atoms with Gasteiger partial charge in [0.2, 0.25) is 0 Å². The highest BCUT2D eigenvalue weighted by molar-refractivity contribution is 6.10. The third-order valence-electron chi connectivity index (χ3n) is 3.93. The van der Waals surface area contributed by atoms with E-state index in [2.05, 4.69) is 15.1 Å². The van der Waals surface area contributed by atoms with Crippen LogP contribution in [0.25, 0.3) is 0 Å². The van der Waals surface area contributed by atoms with Crippen molar-refractivity contribution in [2.45, 2.75) is 13.3 Å². The number of likely N-dealkylation sites (N-methyl/N-ethyl adjacent to an activating group) is 1. The predicted molar refractivity (Wildman–Crippen MR) is 83.8 cm³/mol. The lowest BCUT2D eigenvalue weighted by molar-refractivity contribution is 0.0983. The normalized spacial score (nSPS) is 14.2. The third kappa shape index (κ3) is 2.12. The minimum atomic E-state index is -0.149. The number of rotatable bonds is 2. The van der Waals surface area contributed by atoms with Crippen LogP contribution >= 0.6 is 0 Å². The van der Waals surface area contributed by atoms with Crippen molar-refractivity contribution in [2.75, 3.05) is 35.7 Å². The Morgan fingerprint density at radius 3 is 2.71 bits per heavy atom. The van der Waals surface area contributed by atoms with Crippen LogP contribution in [0.4, 0.5) is 17.1 Å². The van der Waals surface area contributed by atoms with Crippen molar-refractivity contribution in [3.05, 3.63) is 35.7 Å². The van der Waals surface area contributed by atoms with Gasteiger partial charge in [-0.1, -0.05) is 19.1 Å². The van der Waals surface area contributed by atoms with E-state index in [0.29, 0.717) is 17.9 Å². The number of nitrogens with one attached hydrogen (secondary N) is 1. The third-order valence-corrected chi connectivity index (χ3v) is 3.93. The summed E-state index contributed by atoms with van der Waals surface area (Å²) in [6.45, 7) is 3.39. The molecule has 0 bridgehead atoms. The summed E-state index contributed by atoms with van der Waals surface area (Å²) in [6, 6.07) is 7.87. The molecule has 1 aromatic heterocycles. The highest BCUT2D eigenvalue weighted by Crippen LogP contribution is 2.33. The molecule has 3 rings (SSSR count). The minimum absolute atomic E-state index is 0.149. The number of nitrogens with two attached hydrogens (primary N) is 1. The van der Waals surface area contributed by atoms with Crippen molar-refractivity contribution in [3.8, 4) is 0 Å². The fourth-order valence-electron chi connectivity index (χ4n) is 2.66. The first-order valence-corrected chi connectivity index (χ1v) is 7.08. The minimum Gasteiger partial charge on any atom is -0.395 e. The van der Waals surface area contributed by atoms with Gasteiger partial charge in [0, 0.05) is 20.1 Å². The summed E-state index contributed by atoms with van der Waals surface area (Å²) in [5, 5.41) is 6.94. The molecule has 2 heterocycles. The van der Waals surface area contributed by atoms with Gasteiger partial charge in [0.1, 0.15) is 0 Å². The maximum Gasteiger partial charge on any atom is 0.281 e. The predicted octanol–water partition coefficient (Wildman–Crippen LogP) is 1.65. The fraction of sp³-hybridized carbons (Fsp3) is 0.333. The molecule has 0 fully saturated rings. The Balaban J connectivity index is 1.99. The number of hydrogen-bond acceptors (Lipinski definition) is 4. The molecule has 3 N–H and O–H groups in total. The first-order valence-electron chi connectivity index (χ1n) is 7.08. The number of aromatic nitrogens is 2. The fourth-order valence-corrected chi connectivity index (χ4v) is 2.66. The second-order valence-corrected chi connectivity index (χ2v) is 5.19. The molecule has 0 spiro atoms. The summed E-state index contributed by atoms with van der Waals surface area (Å²) in [4.78, 5) is 16.7. The highest BCUT2D eigenvalue weighted by atomic mass is 16.2. The molecular weight excluding hydrogens is 266 g/mol. The zero-order valence-electron chi connectivity index (χ0n) is 12.3. The van der Waals surface area contributed by atoms with Gasteiger partial charge < -0.3 is 15.5 Å². The first kappa shape index (κ1) is 13.5. The molecule has 0 saturated heterocycles. The number of nitrogen functional groups attached to an aromatic ring is 1. The Morgan fingerprint density at radius 2 is 2.05 bits per heavy atom. The van der Waals surface area contributed by atoms with Crippen molar-refractivity contribution in [1.82, 2.24) is 10.2 Å². The summed E-state index contributed by atoms with van der Waals surface area (Å²) in [5.41, 5.74) is 9.54. The highest BCUT2D eigenvalue weighted by Gasteiger charge is 2.28. The first-order chi connectivity index (χ1) is 10.1. The van der Waals surface area contributed by atoms with Crippen LogP contribution in [0.1, 0.15) is 23.1 Å². The van der Waals surface area contributed by atoms with E-state index in [4.69, 9.17) is 5.73 Å². The zero-order chi connectivity index (χ0) is 15.0. The van der Waals surface area contributed by atoms with Crippen molar-refractivity contribution in [3.63, 3.8) is 0 Å². The van der Waals surface area contributed by atoms with E-state index in [0.717, 1.165) is 30.0 Å². The number of carbonyl (C=O) groups is 1. The number of anilines is 3. The Labute approximate surface area is 123 Å². The SMILES string of the molecule is CCc1[nH]nc(C(=O)N2CCN(C)c3ccccc32)c1N. The van der Waals surface area contributed by atoms with Crippen LogP contribution in [-0.2, 0) is 6.42 Å². The largest absolute Gasteiger partial charge is 0.395 e. The molecule has 1 aliphatic rings. The van der Waals surface area contributed by atoms with E-state index in [1.54, 1.807) is 4.90 Å². The summed E-state index contributed by atoms with van der Waals surface area (Å²) in [5.74, 6) is -0.149. The van der Waals surface area contributed by atoms with E-state index in [-0.39, 0.29) is 5.91 Å². The Morgan fingerprint density at radius 1 is 1.33 bits per heavy atom. The number of nitrogens with zero attached hydrogens (tertiary/aromatic N) is 3. The Hall–Kier alpha value is -2.50. The molecule has 0 radical (unpaired) electrons. The lowest BCUT2D eigenvalue weighted by Crippen LogP contribution is -2.43. The summed E-state index contributed by atoms with van der Waals surface area (Å²) in [7, 11) is 2.03. The molecule has 1 aromatic carbocycles. The molecule has 6 heteroatoms. The van der Waals surface area contributed by atoms with Gasteiger partial charge in [0.05, 0.1) is 22.8 Å². The van der Waals surface area contributed by atoms with E-state index in [9.17, 15) is 4.79 Å². The van der Waals surface area contributed by atoms with Crippen molar-refractivity contribution in [1.29, 1.82) is 0 Å². The average molecular weight is 285 g/mol. The molecule has 0 aliphatic carbocycles. The van der Waals surface area contributed by atoms with Gasteiger partial charge in [-0.2, -0.15) is 5.10 Å². The smallest absolute Gasteiger partial charge is 0.281 e. The summed E-state index contributed by atoms with van der Waals surface area (Å²) >= 11 is 0. The van der Waals surface area contributed by atoms with Crippen molar-refractivity contribution < 1.29 is 4.79 Å². The average Bonchev–Trinajstić information content (AvgIpc) is 2.88. The van der Waals surface area contributed by atoms with Crippen LogP contribution in [0.2, 0.25) is 0 Å². The van der Waals surface area contributed by atoms with Gasteiger partial charge in [-0.25, -0.2) is 0 Å². The molecule has 110 valence electrons. The number of aromatic amines is 1.